The molecule has 1 amide bonds. The van der Waals surface area contributed by atoms with Crippen molar-refractivity contribution in [3.05, 3.63) is 71.2 Å². The average Bonchev–Trinajstić information content (AvgIpc) is 3.34. The van der Waals surface area contributed by atoms with Gasteiger partial charge >= 0.3 is 0 Å². The molecule has 152 valence electrons. The molecule has 1 aromatic heterocycles. The van der Waals surface area contributed by atoms with Gasteiger partial charge in [0.1, 0.15) is 5.82 Å². The van der Waals surface area contributed by atoms with E-state index in [0.717, 1.165) is 41.5 Å². The van der Waals surface area contributed by atoms with Crippen LogP contribution in [0.15, 0.2) is 48.7 Å². The lowest BCUT2D eigenvalue weighted by Gasteiger charge is -2.24. The predicted molar refractivity (Wildman–Crippen MR) is 112 cm³/mol. The van der Waals surface area contributed by atoms with Crippen LogP contribution in [0, 0.1) is 12.7 Å². The van der Waals surface area contributed by atoms with E-state index in [4.69, 9.17) is 4.74 Å². The number of halogens is 1. The number of hydrogen-bond acceptors (Lipinski definition) is 2. The number of amides is 1. The maximum atomic E-state index is 14.8. The van der Waals surface area contributed by atoms with Crippen molar-refractivity contribution < 1.29 is 13.9 Å². The first-order chi connectivity index (χ1) is 14.0. The fourth-order valence-electron chi connectivity index (χ4n) is 4.22. The van der Waals surface area contributed by atoms with Crippen LogP contribution in [0.25, 0.3) is 10.9 Å². The molecule has 1 aliphatic rings. The summed E-state index contributed by atoms with van der Waals surface area (Å²) in [6.07, 6.45) is 4.02. The number of nitrogens with one attached hydrogen (secondary N) is 2. The Balaban J connectivity index is 1.63. The van der Waals surface area contributed by atoms with E-state index >= 15 is 0 Å². The quantitative estimate of drug-likeness (QED) is 0.630. The number of aromatic nitrogens is 1. The second-order valence-corrected chi connectivity index (χ2v) is 8.25. The molecule has 0 radical (unpaired) electrons. The van der Waals surface area contributed by atoms with E-state index in [1.54, 1.807) is 6.07 Å². The van der Waals surface area contributed by atoms with E-state index in [9.17, 15) is 9.18 Å². The Morgan fingerprint density at radius 2 is 2.10 bits per heavy atom. The molecule has 29 heavy (non-hydrogen) atoms. The number of H-pyrrole nitrogens is 1. The van der Waals surface area contributed by atoms with Gasteiger partial charge in [-0.2, -0.15) is 0 Å². The lowest BCUT2D eigenvalue weighted by molar-refractivity contribution is -0.122. The largest absolute Gasteiger partial charge is 0.373 e. The molecule has 5 heteroatoms. The van der Waals surface area contributed by atoms with Crippen molar-refractivity contribution >= 4 is 16.8 Å². The summed E-state index contributed by atoms with van der Waals surface area (Å²) in [6.45, 7) is 5.17. The molecule has 1 fully saturated rings. The molecule has 0 unspecified atom stereocenters. The van der Waals surface area contributed by atoms with Crippen molar-refractivity contribution in [2.75, 3.05) is 13.2 Å². The molecule has 4 nitrogen and oxygen atoms in total. The number of aryl methyl sites for hydroxylation is 1. The molecular formula is C24H27FN2O2. The second-order valence-electron chi connectivity index (χ2n) is 8.25. The van der Waals surface area contributed by atoms with Gasteiger partial charge in [0.2, 0.25) is 5.91 Å². The Labute approximate surface area is 170 Å². The van der Waals surface area contributed by atoms with Crippen LogP contribution in [0.4, 0.5) is 4.39 Å². The molecule has 0 aliphatic carbocycles. The van der Waals surface area contributed by atoms with Gasteiger partial charge in [0, 0.05) is 42.6 Å². The van der Waals surface area contributed by atoms with Crippen LogP contribution in [0.2, 0.25) is 0 Å². The van der Waals surface area contributed by atoms with Gasteiger partial charge in [-0.25, -0.2) is 4.39 Å². The highest BCUT2D eigenvalue weighted by molar-refractivity contribution is 5.86. The molecule has 4 rings (SSSR count). The second kappa shape index (κ2) is 7.99. The number of para-hydroxylation sites is 1. The molecule has 0 bridgehead atoms. The van der Waals surface area contributed by atoms with Gasteiger partial charge in [-0.15, -0.1) is 0 Å². The monoisotopic (exact) mass is 394 g/mol. The molecule has 0 saturated carbocycles. The van der Waals surface area contributed by atoms with Gasteiger partial charge in [-0.05, 0) is 49.9 Å². The number of carbonyl (C=O) groups is 1. The Kier molecular flexibility index (Phi) is 5.41. The van der Waals surface area contributed by atoms with Gasteiger partial charge < -0.3 is 15.0 Å². The zero-order valence-electron chi connectivity index (χ0n) is 16.9. The lowest BCUT2D eigenvalue weighted by Crippen LogP contribution is -2.40. The van der Waals surface area contributed by atoms with Crippen molar-refractivity contribution in [1.29, 1.82) is 0 Å². The molecule has 2 atom stereocenters. The lowest BCUT2D eigenvalue weighted by atomic mass is 9.86. The topological polar surface area (TPSA) is 54.1 Å². The summed E-state index contributed by atoms with van der Waals surface area (Å²) in [5.74, 6) is -0.758. The molecule has 3 aromatic rings. The maximum Gasteiger partial charge on any atom is 0.221 e. The van der Waals surface area contributed by atoms with Crippen molar-refractivity contribution in [1.82, 2.24) is 10.3 Å². The number of hydrogen-bond donors (Lipinski definition) is 2. The summed E-state index contributed by atoms with van der Waals surface area (Å²) >= 11 is 0. The minimum atomic E-state index is -0.372. The van der Waals surface area contributed by atoms with E-state index in [1.165, 1.54) is 6.07 Å². The first-order valence-corrected chi connectivity index (χ1v) is 10.2. The van der Waals surface area contributed by atoms with Crippen LogP contribution < -0.4 is 5.32 Å². The Morgan fingerprint density at radius 1 is 1.28 bits per heavy atom. The Hall–Kier alpha value is -2.66. The minimum Gasteiger partial charge on any atom is -0.373 e. The molecule has 2 aromatic carbocycles. The van der Waals surface area contributed by atoms with E-state index in [-0.39, 0.29) is 29.7 Å². The van der Waals surface area contributed by atoms with Crippen LogP contribution in [0.3, 0.4) is 0 Å². The summed E-state index contributed by atoms with van der Waals surface area (Å²) in [5, 5.41) is 4.02. The van der Waals surface area contributed by atoms with Crippen LogP contribution >= 0.6 is 0 Å². The van der Waals surface area contributed by atoms with Crippen molar-refractivity contribution in [2.24, 2.45) is 0 Å². The SMILES string of the molecule is Cc1ccc(F)c([C@H](CC(=O)NC[C@]2(C)CCCO2)c2c[nH]c3ccccc23)c1. The first kappa shape index (κ1) is 19.6. The average molecular weight is 394 g/mol. The van der Waals surface area contributed by atoms with Crippen molar-refractivity contribution in [2.45, 2.75) is 44.6 Å². The number of aromatic amines is 1. The van der Waals surface area contributed by atoms with Crippen molar-refractivity contribution in [3.63, 3.8) is 0 Å². The fraction of sp³-hybridized carbons (Fsp3) is 0.375. The van der Waals surface area contributed by atoms with Gasteiger partial charge in [0.25, 0.3) is 0 Å². The Bertz CT molecular complexity index is 1020. The normalized spacial score (nSPS) is 20.1. The van der Waals surface area contributed by atoms with Gasteiger partial charge in [-0.1, -0.05) is 35.9 Å². The number of ether oxygens (including phenoxy) is 1. The standard InChI is InChI=1S/C24H27FN2O2/c1-16-8-9-21(25)19(12-16)18(20-14-26-22-7-4-3-6-17(20)22)13-23(28)27-15-24(2)10-5-11-29-24/h3-4,6-9,12,14,18,26H,5,10-11,13,15H2,1-2H3,(H,27,28)/t18-,24-/m0/s1. The highest BCUT2D eigenvalue weighted by Crippen LogP contribution is 2.35. The molecule has 1 aliphatic heterocycles. The van der Waals surface area contributed by atoms with Gasteiger partial charge in [-0.3, -0.25) is 4.79 Å². The molecule has 2 heterocycles. The fourth-order valence-corrected chi connectivity index (χ4v) is 4.22. The Morgan fingerprint density at radius 3 is 2.90 bits per heavy atom. The third kappa shape index (κ3) is 4.20. The third-order valence-electron chi connectivity index (χ3n) is 5.87. The number of rotatable bonds is 6. The zero-order chi connectivity index (χ0) is 20.4. The van der Waals surface area contributed by atoms with Crippen LogP contribution in [0.1, 0.15) is 48.8 Å². The minimum absolute atomic E-state index is 0.0992. The van der Waals surface area contributed by atoms with Gasteiger partial charge in [0.05, 0.1) is 5.60 Å². The maximum absolute atomic E-state index is 14.8. The molecule has 0 spiro atoms. The number of carbonyl (C=O) groups excluding carboxylic acids is 1. The van der Waals surface area contributed by atoms with Crippen LogP contribution in [-0.2, 0) is 9.53 Å². The highest BCUT2D eigenvalue weighted by Gasteiger charge is 2.31. The number of benzene rings is 2. The third-order valence-corrected chi connectivity index (χ3v) is 5.87. The molecule has 1 saturated heterocycles. The number of fused-ring (bicyclic) bond motifs is 1. The summed E-state index contributed by atoms with van der Waals surface area (Å²) < 4.78 is 20.6. The summed E-state index contributed by atoms with van der Waals surface area (Å²) in [5.41, 5.74) is 3.13. The zero-order valence-corrected chi connectivity index (χ0v) is 16.9. The van der Waals surface area contributed by atoms with Crippen LogP contribution in [-0.4, -0.2) is 29.6 Å². The van der Waals surface area contributed by atoms with E-state index in [2.05, 4.69) is 10.3 Å². The van der Waals surface area contributed by atoms with E-state index in [0.29, 0.717) is 12.1 Å². The highest BCUT2D eigenvalue weighted by atomic mass is 19.1. The summed E-state index contributed by atoms with van der Waals surface area (Å²) in [7, 11) is 0. The molecular weight excluding hydrogens is 367 g/mol. The van der Waals surface area contributed by atoms with E-state index < -0.39 is 0 Å². The van der Waals surface area contributed by atoms with Crippen LogP contribution in [0.5, 0.6) is 0 Å². The first-order valence-electron chi connectivity index (χ1n) is 10.2. The smallest absolute Gasteiger partial charge is 0.221 e. The van der Waals surface area contributed by atoms with Gasteiger partial charge in [0.15, 0.2) is 0 Å². The summed E-state index contributed by atoms with van der Waals surface area (Å²) in [6, 6.07) is 13.0. The van der Waals surface area contributed by atoms with E-state index in [1.807, 2.05) is 50.4 Å². The molecule has 2 N–H and O–H groups in total. The summed E-state index contributed by atoms with van der Waals surface area (Å²) in [4.78, 5) is 16.1. The predicted octanol–water partition coefficient (Wildman–Crippen LogP) is 4.82. The van der Waals surface area contributed by atoms with Crippen molar-refractivity contribution in [3.8, 4) is 0 Å².